The Morgan fingerprint density at radius 3 is 2.56 bits per heavy atom. The van der Waals surface area contributed by atoms with Crippen LogP contribution in [-0.4, -0.2) is 33.9 Å². The first kappa shape index (κ1) is 31.5. The molecule has 1 aliphatic carbocycles. The lowest BCUT2D eigenvalue weighted by atomic mass is 9.94. The number of carbonyl (C=O) groups excluding carboxylic acids is 1. The summed E-state index contributed by atoms with van der Waals surface area (Å²) in [6.07, 6.45) is 4.97. The number of aromatic nitrogens is 3. The molecule has 1 saturated carbocycles. The number of ether oxygens (including phenoxy) is 3. The van der Waals surface area contributed by atoms with E-state index in [0.29, 0.717) is 50.0 Å². The number of allylic oxidation sites excluding steroid dienone is 1. The number of hydrogen-bond donors (Lipinski definition) is 1. The quantitative estimate of drug-likeness (QED) is 0.129. The monoisotopic (exact) mass is 708 g/mol. The van der Waals surface area contributed by atoms with Gasteiger partial charge in [0.15, 0.2) is 11.5 Å². The summed E-state index contributed by atoms with van der Waals surface area (Å²) in [7, 11) is 1.60. The number of nitrogens with zero attached hydrogens (tertiary/aromatic N) is 3. The number of thioether (sulfide) groups is 1. The van der Waals surface area contributed by atoms with Gasteiger partial charge in [0.25, 0.3) is 0 Å². The number of esters is 1. The van der Waals surface area contributed by atoms with Gasteiger partial charge in [0.05, 0.1) is 17.2 Å². The third-order valence-corrected chi connectivity index (χ3v) is 9.70. The molecule has 4 aromatic rings. The van der Waals surface area contributed by atoms with Crippen LogP contribution >= 0.6 is 39.3 Å². The van der Waals surface area contributed by atoms with Crippen molar-refractivity contribution in [2.75, 3.05) is 12.4 Å². The zero-order chi connectivity index (χ0) is 31.3. The summed E-state index contributed by atoms with van der Waals surface area (Å²) in [5.41, 5.74) is 4.09. The number of hydrogen-bond acceptors (Lipinski definition) is 8. The molecule has 0 spiro atoms. The van der Waals surface area contributed by atoms with E-state index >= 15 is 0 Å². The second-order valence-electron chi connectivity index (χ2n) is 11.1. The van der Waals surface area contributed by atoms with Crippen LogP contribution in [0.25, 0.3) is 0 Å². The van der Waals surface area contributed by atoms with Gasteiger partial charge in [-0.2, -0.15) is 4.98 Å². The average Bonchev–Trinajstić information content (AvgIpc) is 3.46. The van der Waals surface area contributed by atoms with E-state index in [-0.39, 0.29) is 12.1 Å². The Bertz CT molecular complexity index is 1690. The molecular formula is C34H34BrClN4O4S. The Morgan fingerprint density at radius 2 is 1.82 bits per heavy atom. The zero-order valence-corrected chi connectivity index (χ0v) is 28.3. The van der Waals surface area contributed by atoms with Gasteiger partial charge < -0.3 is 19.5 Å². The summed E-state index contributed by atoms with van der Waals surface area (Å²) in [5.74, 6) is 1.99. The molecule has 2 aliphatic rings. The van der Waals surface area contributed by atoms with Crippen molar-refractivity contribution >= 4 is 51.2 Å². The van der Waals surface area contributed by atoms with E-state index in [1.807, 2.05) is 61.5 Å². The van der Waals surface area contributed by atoms with E-state index in [1.54, 1.807) is 23.6 Å². The Kier molecular flexibility index (Phi) is 10.0. The smallest absolute Gasteiger partial charge is 0.338 e. The molecule has 2 heterocycles. The minimum atomic E-state index is -0.605. The van der Waals surface area contributed by atoms with Crippen molar-refractivity contribution in [3.63, 3.8) is 0 Å². The summed E-state index contributed by atoms with van der Waals surface area (Å²) in [4.78, 5) is 18.7. The Labute approximate surface area is 280 Å². The molecule has 1 N–H and O–H groups in total. The van der Waals surface area contributed by atoms with Crippen molar-refractivity contribution in [3.05, 3.63) is 104 Å². The van der Waals surface area contributed by atoms with E-state index in [0.717, 1.165) is 42.6 Å². The summed E-state index contributed by atoms with van der Waals surface area (Å²) in [6, 6.07) is 20.9. The van der Waals surface area contributed by atoms with Crippen LogP contribution in [0.4, 0.5) is 5.95 Å². The van der Waals surface area contributed by atoms with E-state index < -0.39 is 6.04 Å². The fraction of sp³-hybridized carbons (Fsp3) is 0.324. The first-order valence-corrected chi connectivity index (χ1v) is 17.1. The Morgan fingerprint density at radius 1 is 1.07 bits per heavy atom. The van der Waals surface area contributed by atoms with Crippen LogP contribution < -0.4 is 14.8 Å². The number of halogens is 2. The normalized spacial score (nSPS) is 16.6. The van der Waals surface area contributed by atoms with Crippen LogP contribution in [0.15, 0.2) is 87.6 Å². The molecule has 0 amide bonds. The number of rotatable bonds is 10. The molecule has 0 bridgehead atoms. The predicted octanol–water partition coefficient (Wildman–Crippen LogP) is 8.74. The number of benzene rings is 3. The lowest BCUT2D eigenvalue weighted by Crippen LogP contribution is -2.32. The SMILES string of the molecule is COc1cc(C2C(C(=O)OC3CCCCC3)=C(C)Nc3nc(SCc4ccccc4)nn32)cc(Br)c1OCc1ccc(Cl)cc1. The molecule has 234 valence electrons. The molecule has 3 aromatic carbocycles. The van der Waals surface area contributed by atoms with Gasteiger partial charge in [0.2, 0.25) is 11.1 Å². The number of carbonyl (C=O) groups is 1. The number of methoxy groups -OCH3 is 1. The lowest BCUT2D eigenvalue weighted by molar-refractivity contribution is -0.146. The highest BCUT2D eigenvalue weighted by Gasteiger charge is 2.37. The zero-order valence-electron chi connectivity index (χ0n) is 25.1. The standard InChI is InChI=1S/C34H34BrClN4O4S/c1-21-29(32(41)44-26-11-7-4-8-12-26)30(40-33(37-21)38-34(39-40)45-20-23-9-5-3-6-10-23)24-17-27(35)31(28(18-24)42-2)43-19-22-13-15-25(36)16-14-22/h3,5-6,9-10,13-18,26,30H,4,7-8,11-12,19-20H2,1-2H3,(H,37,38,39). The molecule has 8 nitrogen and oxygen atoms in total. The molecule has 1 atom stereocenters. The molecule has 11 heteroatoms. The molecule has 0 radical (unpaired) electrons. The van der Waals surface area contributed by atoms with Gasteiger partial charge in [-0.05, 0) is 89.5 Å². The van der Waals surface area contributed by atoms with Gasteiger partial charge in [-0.3, -0.25) is 0 Å². The Hall–Kier alpha value is -3.47. The molecule has 45 heavy (non-hydrogen) atoms. The average molecular weight is 710 g/mol. The molecule has 1 aliphatic heterocycles. The van der Waals surface area contributed by atoms with Gasteiger partial charge in [-0.15, -0.1) is 5.10 Å². The maximum absolute atomic E-state index is 13.9. The van der Waals surface area contributed by atoms with Gasteiger partial charge in [0, 0.05) is 16.5 Å². The maximum atomic E-state index is 13.9. The van der Waals surface area contributed by atoms with Crippen molar-refractivity contribution in [3.8, 4) is 11.5 Å². The second-order valence-corrected chi connectivity index (χ2v) is 13.4. The fourth-order valence-electron chi connectivity index (χ4n) is 5.66. The highest BCUT2D eigenvalue weighted by atomic mass is 79.9. The van der Waals surface area contributed by atoms with Crippen molar-refractivity contribution < 1.29 is 19.0 Å². The van der Waals surface area contributed by atoms with Gasteiger partial charge in [0.1, 0.15) is 18.8 Å². The molecule has 6 rings (SSSR count). The molecule has 1 fully saturated rings. The largest absolute Gasteiger partial charge is 0.493 e. The minimum Gasteiger partial charge on any atom is -0.493 e. The summed E-state index contributed by atoms with van der Waals surface area (Å²) < 4.78 is 20.6. The van der Waals surface area contributed by atoms with Gasteiger partial charge in [-0.1, -0.05) is 72.2 Å². The van der Waals surface area contributed by atoms with E-state index in [4.69, 9.17) is 35.9 Å². The maximum Gasteiger partial charge on any atom is 0.338 e. The van der Waals surface area contributed by atoms with Crippen LogP contribution in [0.1, 0.15) is 61.8 Å². The van der Waals surface area contributed by atoms with E-state index in [2.05, 4.69) is 33.4 Å². The first-order valence-electron chi connectivity index (χ1n) is 15.0. The van der Waals surface area contributed by atoms with Crippen molar-refractivity contribution in [2.24, 2.45) is 0 Å². The topological polar surface area (TPSA) is 87.5 Å². The summed E-state index contributed by atoms with van der Waals surface area (Å²) in [6.45, 7) is 2.21. The first-order chi connectivity index (χ1) is 21.9. The van der Waals surface area contributed by atoms with Crippen LogP contribution in [-0.2, 0) is 21.9 Å². The molecular weight excluding hydrogens is 676 g/mol. The second kappa shape index (κ2) is 14.3. The molecule has 1 unspecified atom stereocenters. The van der Waals surface area contributed by atoms with E-state index in [9.17, 15) is 4.79 Å². The fourth-order valence-corrected chi connectivity index (χ4v) is 7.14. The highest BCUT2D eigenvalue weighted by molar-refractivity contribution is 9.10. The van der Waals surface area contributed by atoms with Crippen LogP contribution in [0, 0.1) is 0 Å². The third kappa shape index (κ3) is 7.34. The lowest BCUT2D eigenvalue weighted by Gasteiger charge is -2.30. The number of fused-ring (bicyclic) bond motifs is 1. The predicted molar refractivity (Wildman–Crippen MR) is 180 cm³/mol. The molecule has 0 saturated heterocycles. The van der Waals surface area contributed by atoms with Crippen LogP contribution in [0.2, 0.25) is 5.02 Å². The number of anilines is 1. The number of nitrogens with one attached hydrogen (secondary N) is 1. The van der Waals surface area contributed by atoms with Crippen molar-refractivity contribution in [1.82, 2.24) is 14.8 Å². The summed E-state index contributed by atoms with van der Waals surface area (Å²) in [5, 5.41) is 9.49. The molecule has 1 aromatic heterocycles. The minimum absolute atomic E-state index is 0.0914. The van der Waals surface area contributed by atoms with Crippen molar-refractivity contribution in [1.29, 1.82) is 0 Å². The van der Waals surface area contributed by atoms with Crippen LogP contribution in [0.3, 0.4) is 0 Å². The van der Waals surface area contributed by atoms with E-state index in [1.165, 1.54) is 12.0 Å². The van der Waals surface area contributed by atoms with Crippen molar-refractivity contribution in [2.45, 2.75) is 68.7 Å². The van der Waals surface area contributed by atoms with Crippen LogP contribution in [0.5, 0.6) is 11.5 Å². The summed E-state index contributed by atoms with van der Waals surface area (Å²) >= 11 is 11.3. The highest BCUT2D eigenvalue weighted by Crippen LogP contribution is 2.44. The Balaban J connectivity index is 1.34. The third-order valence-electron chi connectivity index (χ3n) is 7.95. The van der Waals surface area contributed by atoms with Gasteiger partial charge in [-0.25, -0.2) is 9.48 Å². The van der Waals surface area contributed by atoms with Gasteiger partial charge >= 0.3 is 5.97 Å².